The van der Waals surface area contributed by atoms with Crippen molar-refractivity contribution in [1.29, 1.82) is 0 Å². The van der Waals surface area contributed by atoms with Gasteiger partial charge in [-0.25, -0.2) is 18.9 Å². The number of amides is 1. The highest BCUT2D eigenvalue weighted by atomic mass is 19.1. The zero-order valence-corrected chi connectivity index (χ0v) is 19.0. The molecule has 2 aromatic rings. The molecule has 0 aliphatic heterocycles. The first-order valence-electron chi connectivity index (χ1n) is 10.7. The molecular formula is C22H32FN5O3. The van der Waals surface area contributed by atoms with Gasteiger partial charge in [0, 0.05) is 14.1 Å². The second-order valence-corrected chi connectivity index (χ2v) is 8.80. The molecule has 2 aromatic heterocycles. The van der Waals surface area contributed by atoms with E-state index in [1.165, 1.54) is 45.1 Å². The largest absolute Gasteiger partial charge is 0.489 e. The standard InChI is InChI=1S/C22H32FN5O3/c1-15-19(31-16-9-7-6-8-10-16)12-11-17(24-15)20-18(28(5)26-25-20)13-30-21(29)27(4)14-22(2,3)23/h11-12,16H,6-10,13-14H2,1-5H3. The lowest BCUT2D eigenvalue weighted by molar-refractivity contribution is 0.0795. The molecule has 8 nitrogen and oxygen atoms in total. The van der Waals surface area contributed by atoms with E-state index >= 15 is 0 Å². The molecule has 0 radical (unpaired) electrons. The van der Waals surface area contributed by atoms with Crippen LogP contribution in [-0.2, 0) is 18.4 Å². The fraction of sp³-hybridized carbons (Fsp3) is 0.636. The molecule has 1 saturated carbocycles. The molecule has 2 heterocycles. The van der Waals surface area contributed by atoms with Crippen LogP contribution < -0.4 is 4.74 Å². The zero-order chi connectivity index (χ0) is 22.6. The van der Waals surface area contributed by atoms with Gasteiger partial charge in [-0.15, -0.1) is 5.10 Å². The van der Waals surface area contributed by atoms with Crippen LogP contribution in [0, 0.1) is 6.92 Å². The van der Waals surface area contributed by atoms with Gasteiger partial charge in [-0.2, -0.15) is 0 Å². The summed E-state index contributed by atoms with van der Waals surface area (Å²) in [6.07, 6.45) is 5.47. The topological polar surface area (TPSA) is 82.4 Å². The quantitative estimate of drug-likeness (QED) is 0.650. The Morgan fingerprint density at radius 3 is 2.65 bits per heavy atom. The first-order valence-corrected chi connectivity index (χ1v) is 10.7. The van der Waals surface area contributed by atoms with Crippen LogP contribution in [0.5, 0.6) is 5.75 Å². The maximum Gasteiger partial charge on any atom is 0.409 e. The zero-order valence-electron chi connectivity index (χ0n) is 19.0. The molecule has 31 heavy (non-hydrogen) atoms. The third-order valence-corrected chi connectivity index (χ3v) is 5.33. The number of aromatic nitrogens is 4. The number of nitrogens with zero attached hydrogens (tertiary/aromatic N) is 5. The summed E-state index contributed by atoms with van der Waals surface area (Å²) in [5, 5.41) is 8.25. The summed E-state index contributed by atoms with van der Waals surface area (Å²) >= 11 is 0. The van der Waals surface area contributed by atoms with Crippen LogP contribution in [0.4, 0.5) is 9.18 Å². The van der Waals surface area contributed by atoms with Gasteiger partial charge in [-0.1, -0.05) is 11.6 Å². The molecule has 170 valence electrons. The van der Waals surface area contributed by atoms with Crippen molar-refractivity contribution in [3.8, 4) is 17.1 Å². The van der Waals surface area contributed by atoms with Crippen LogP contribution in [0.3, 0.4) is 0 Å². The molecule has 0 N–H and O–H groups in total. The van der Waals surface area contributed by atoms with Crippen LogP contribution in [-0.4, -0.2) is 56.3 Å². The molecule has 1 amide bonds. The predicted molar refractivity (Wildman–Crippen MR) is 114 cm³/mol. The number of hydrogen-bond donors (Lipinski definition) is 0. The Morgan fingerprint density at radius 2 is 2.00 bits per heavy atom. The van der Waals surface area contributed by atoms with Crippen LogP contribution >= 0.6 is 0 Å². The van der Waals surface area contributed by atoms with Gasteiger partial charge in [0.15, 0.2) is 0 Å². The third kappa shape index (κ3) is 6.15. The van der Waals surface area contributed by atoms with Crippen molar-refractivity contribution in [3.63, 3.8) is 0 Å². The van der Waals surface area contributed by atoms with Crippen LogP contribution in [0.15, 0.2) is 12.1 Å². The minimum atomic E-state index is -1.50. The SMILES string of the molecule is Cc1nc(-c2nnn(C)c2COC(=O)N(C)CC(C)(C)F)ccc1OC1CCCCC1. The summed E-state index contributed by atoms with van der Waals surface area (Å²) in [6, 6.07) is 3.76. The Morgan fingerprint density at radius 1 is 1.29 bits per heavy atom. The van der Waals surface area contributed by atoms with E-state index < -0.39 is 11.8 Å². The summed E-state index contributed by atoms with van der Waals surface area (Å²) in [7, 11) is 3.23. The van der Waals surface area contributed by atoms with E-state index in [0.29, 0.717) is 17.1 Å². The van der Waals surface area contributed by atoms with Crippen molar-refractivity contribution in [3.05, 3.63) is 23.5 Å². The maximum absolute atomic E-state index is 13.8. The van der Waals surface area contributed by atoms with Crippen molar-refractivity contribution in [2.45, 2.75) is 71.3 Å². The molecule has 0 saturated heterocycles. The second kappa shape index (κ2) is 9.62. The number of aryl methyl sites for hydroxylation is 2. The van der Waals surface area contributed by atoms with Crippen LogP contribution in [0.25, 0.3) is 11.4 Å². The summed E-state index contributed by atoms with van der Waals surface area (Å²) in [5.41, 5.74) is 1.05. The highest BCUT2D eigenvalue weighted by Gasteiger charge is 2.24. The normalized spacial score (nSPS) is 15.0. The number of ether oxygens (including phenoxy) is 2. The van der Waals surface area contributed by atoms with Gasteiger partial charge < -0.3 is 14.4 Å². The van der Waals surface area contributed by atoms with E-state index in [2.05, 4.69) is 15.3 Å². The van der Waals surface area contributed by atoms with Crippen molar-refractivity contribution >= 4 is 6.09 Å². The first kappa shape index (κ1) is 23.0. The summed E-state index contributed by atoms with van der Waals surface area (Å²) in [4.78, 5) is 18.1. The number of hydrogen-bond acceptors (Lipinski definition) is 6. The van der Waals surface area contributed by atoms with Gasteiger partial charge >= 0.3 is 6.09 Å². The molecule has 9 heteroatoms. The lowest BCUT2D eigenvalue weighted by atomic mass is 9.98. The number of carbonyl (C=O) groups excluding carboxylic acids is 1. The van der Waals surface area contributed by atoms with E-state index in [1.807, 2.05) is 19.1 Å². The Kier molecular flexibility index (Phi) is 7.12. The monoisotopic (exact) mass is 433 g/mol. The molecule has 1 aliphatic carbocycles. The molecule has 0 unspecified atom stereocenters. The van der Waals surface area contributed by atoms with Gasteiger partial charge in [-0.05, 0) is 58.6 Å². The van der Waals surface area contributed by atoms with Gasteiger partial charge in [0.2, 0.25) is 0 Å². The highest BCUT2D eigenvalue weighted by molar-refractivity contribution is 5.67. The molecular weight excluding hydrogens is 401 g/mol. The Labute approximate surface area is 182 Å². The summed E-state index contributed by atoms with van der Waals surface area (Å²) in [5.74, 6) is 0.781. The van der Waals surface area contributed by atoms with E-state index in [0.717, 1.165) is 24.3 Å². The average Bonchev–Trinajstić information content (AvgIpc) is 3.07. The van der Waals surface area contributed by atoms with Gasteiger partial charge in [-0.3, -0.25) is 0 Å². The number of alkyl halides is 1. The predicted octanol–water partition coefficient (Wildman–Crippen LogP) is 4.21. The second-order valence-electron chi connectivity index (χ2n) is 8.80. The minimum absolute atomic E-state index is 0.0459. The number of halogens is 1. The fourth-order valence-corrected chi connectivity index (χ4v) is 3.77. The number of pyridine rings is 1. The number of rotatable bonds is 7. The van der Waals surface area contributed by atoms with Crippen LogP contribution in [0.2, 0.25) is 0 Å². The molecule has 0 bridgehead atoms. The Bertz CT molecular complexity index is 903. The minimum Gasteiger partial charge on any atom is -0.489 e. The maximum atomic E-state index is 13.8. The van der Waals surface area contributed by atoms with E-state index in [4.69, 9.17) is 9.47 Å². The van der Waals surface area contributed by atoms with E-state index in [1.54, 1.807) is 11.7 Å². The molecule has 0 spiro atoms. The van der Waals surface area contributed by atoms with Crippen molar-refractivity contribution in [2.24, 2.45) is 7.05 Å². The Balaban J connectivity index is 1.70. The lowest BCUT2D eigenvalue weighted by Crippen LogP contribution is -2.37. The summed E-state index contributed by atoms with van der Waals surface area (Å²) in [6.45, 7) is 4.62. The van der Waals surface area contributed by atoms with Crippen molar-refractivity contribution in [1.82, 2.24) is 24.9 Å². The highest BCUT2D eigenvalue weighted by Crippen LogP contribution is 2.28. The Hall–Kier alpha value is -2.71. The first-order chi connectivity index (χ1) is 14.6. The van der Waals surface area contributed by atoms with Crippen molar-refractivity contribution < 1.29 is 18.7 Å². The third-order valence-electron chi connectivity index (χ3n) is 5.33. The molecule has 0 aromatic carbocycles. The summed E-state index contributed by atoms with van der Waals surface area (Å²) < 4.78 is 26.8. The van der Waals surface area contributed by atoms with Gasteiger partial charge in [0.1, 0.15) is 29.4 Å². The molecule has 3 rings (SSSR count). The van der Waals surface area contributed by atoms with Crippen LogP contribution in [0.1, 0.15) is 57.3 Å². The van der Waals surface area contributed by atoms with E-state index in [-0.39, 0.29) is 19.3 Å². The smallest absolute Gasteiger partial charge is 0.409 e. The molecule has 1 fully saturated rings. The number of carbonyl (C=O) groups is 1. The average molecular weight is 434 g/mol. The van der Waals surface area contributed by atoms with Gasteiger partial charge in [0.05, 0.1) is 24.0 Å². The van der Waals surface area contributed by atoms with Crippen molar-refractivity contribution in [2.75, 3.05) is 13.6 Å². The fourth-order valence-electron chi connectivity index (χ4n) is 3.77. The molecule has 0 atom stereocenters. The van der Waals surface area contributed by atoms with Gasteiger partial charge in [0.25, 0.3) is 0 Å². The lowest BCUT2D eigenvalue weighted by Gasteiger charge is -2.23. The molecule has 1 aliphatic rings. The van der Waals surface area contributed by atoms with E-state index in [9.17, 15) is 9.18 Å².